The standard InChI is InChI=1S/C45H49N9O7/c1-26(60-2)39(52-45(59)61-3)43(56)54-21-7-11-38(54)41-48-25-36(50-41)30-18-14-28(15-19-30)27-12-16-29(17-13-27)35-24-47-40(49-35)37-10-6-20-53(37)42(55)34(51-44(57)58)22-31-23-46-33-9-5-4-8-32(31)33/h4-5,8-9,12-19,23-26,34,37-39,46,51H,6-7,10-11,20-22H2,1-3H3,(H,47,49)(H,48,50)(H,52,59)(H,57,58)/t26-,34+,37+,38?,39+/m1/s1. The molecule has 61 heavy (non-hydrogen) atoms. The van der Waals surface area contributed by atoms with E-state index in [1.165, 1.54) is 14.2 Å². The van der Waals surface area contributed by atoms with E-state index in [0.717, 1.165) is 69.4 Å². The summed E-state index contributed by atoms with van der Waals surface area (Å²) < 4.78 is 10.1. The molecule has 2 aliphatic rings. The van der Waals surface area contributed by atoms with E-state index in [1.54, 1.807) is 29.1 Å². The van der Waals surface area contributed by atoms with E-state index in [4.69, 9.17) is 14.5 Å². The number of carbonyl (C=O) groups is 4. The number of ether oxygens (including phenoxy) is 2. The maximum Gasteiger partial charge on any atom is 0.407 e. The van der Waals surface area contributed by atoms with Crippen LogP contribution in [-0.2, 0) is 25.5 Å². The second-order valence-corrected chi connectivity index (χ2v) is 15.5. The Morgan fingerprint density at radius 2 is 1.31 bits per heavy atom. The smallest absolute Gasteiger partial charge is 0.407 e. The van der Waals surface area contributed by atoms with Gasteiger partial charge in [0.05, 0.1) is 49.1 Å². The predicted octanol–water partition coefficient (Wildman–Crippen LogP) is 6.58. The van der Waals surface area contributed by atoms with Gasteiger partial charge >= 0.3 is 12.2 Å². The summed E-state index contributed by atoms with van der Waals surface area (Å²) in [4.78, 5) is 74.3. The Morgan fingerprint density at radius 1 is 0.770 bits per heavy atom. The number of fused-ring (bicyclic) bond motifs is 1. The molecular weight excluding hydrogens is 779 g/mol. The first-order valence-electron chi connectivity index (χ1n) is 20.5. The van der Waals surface area contributed by atoms with E-state index in [0.29, 0.717) is 31.2 Å². The van der Waals surface area contributed by atoms with Gasteiger partial charge in [0.15, 0.2) is 0 Å². The fourth-order valence-electron chi connectivity index (χ4n) is 8.57. The van der Waals surface area contributed by atoms with Crippen LogP contribution in [0.3, 0.4) is 0 Å². The third kappa shape index (κ3) is 8.57. The molecule has 0 spiro atoms. The maximum atomic E-state index is 14.0. The maximum absolute atomic E-state index is 14.0. The van der Waals surface area contributed by atoms with E-state index in [9.17, 15) is 24.3 Å². The van der Waals surface area contributed by atoms with Crippen molar-refractivity contribution in [3.05, 3.63) is 109 Å². The van der Waals surface area contributed by atoms with Crippen LogP contribution < -0.4 is 10.6 Å². The van der Waals surface area contributed by atoms with E-state index in [1.807, 2.05) is 54.7 Å². The highest BCUT2D eigenvalue weighted by Gasteiger charge is 2.39. The molecule has 3 aromatic carbocycles. The van der Waals surface area contributed by atoms with Crippen LogP contribution in [0, 0.1) is 0 Å². The van der Waals surface area contributed by atoms with Gasteiger partial charge in [-0.3, -0.25) is 9.59 Å². The minimum absolute atomic E-state index is 0.222. The van der Waals surface area contributed by atoms with Crippen molar-refractivity contribution in [2.45, 2.75) is 69.3 Å². The van der Waals surface area contributed by atoms with Crippen LogP contribution in [0.15, 0.2) is 91.4 Å². The largest absolute Gasteiger partial charge is 0.465 e. The third-order valence-corrected chi connectivity index (χ3v) is 11.9. The van der Waals surface area contributed by atoms with Crippen LogP contribution in [0.5, 0.6) is 0 Å². The summed E-state index contributed by atoms with van der Waals surface area (Å²) in [5, 5.41) is 15.7. The summed E-state index contributed by atoms with van der Waals surface area (Å²) in [6, 6.07) is 21.6. The molecule has 16 nitrogen and oxygen atoms in total. The fraction of sp³-hybridized carbons (Fsp3) is 0.333. The van der Waals surface area contributed by atoms with Crippen LogP contribution >= 0.6 is 0 Å². The molecule has 6 N–H and O–H groups in total. The zero-order chi connectivity index (χ0) is 42.6. The summed E-state index contributed by atoms with van der Waals surface area (Å²) in [5.74, 6) is 0.810. The summed E-state index contributed by atoms with van der Waals surface area (Å²) >= 11 is 0. The first-order valence-corrected chi connectivity index (χ1v) is 20.5. The number of carbonyl (C=O) groups excluding carboxylic acids is 3. The van der Waals surface area contributed by atoms with Gasteiger partial charge in [-0.2, -0.15) is 0 Å². The Balaban J connectivity index is 0.918. The summed E-state index contributed by atoms with van der Waals surface area (Å²) in [6.45, 7) is 2.77. The molecule has 0 bridgehead atoms. The van der Waals surface area contributed by atoms with Gasteiger partial charge in [0.2, 0.25) is 11.8 Å². The zero-order valence-corrected chi connectivity index (χ0v) is 34.2. The second kappa shape index (κ2) is 17.7. The van der Waals surface area contributed by atoms with E-state index < -0.39 is 30.4 Å². The van der Waals surface area contributed by atoms with Crippen molar-refractivity contribution >= 4 is 34.9 Å². The Kier molecular flexibility index (Phi) is 11.9. The molecule has 2 saturated heterocycles. The van der Waals surface area contributed by atoms with Crippen LogP contribution in [-0.4, -0.2) is 109 Å². The van der Waals surface area contributed by atoms with Crippen LogP contribution in [0.2, 0.25) is 0 Å². The molecule has 16 heteroatoms. The molecule has 5 atom stereocenters. The molecule has 1 unspecified atom stereocenters. The number of amides is 4. The van der Waals surface area contributed by atoms with Gasteiger partial charge in [0.1, 0.15) is 23.7 Å². The van der Waals surface area contributed by atoms with Crippen molar-refractivity contribution < 1.29 is 33.8 Å². The molecule has 0 aliphatic carbocycles. The lowest BCUT2D eigenvalue weighted by molar-refractivity contribution is -0.137. The number of aromatic amines is 3. The summed E-state index contributed by atoms with van der Waals surface area (Å²) in [7, 11) is 2.75. The highest BCUT2D eigenvalue weighted by Crippen LogP contribution is 2.35. The number of carboxylic acid groups (broad SMARTS) is 1. The molecule has 5 heterocycles. The van der Waals surface area contributed by atoms with Crippen molar-refractivity contribution in [2.24, 2.45) is 0 Å². The molecule has 3 aromatic heterocycles. The Bertz CT molecular complexity index is 2510. The molecule has 8 rings (SSSR count). The van der Waals surface area contributed by atoms with Crippen LogP contribution in [0.1, 0.15) is 61.9 Å². The lowest BCUT2D eigenvalue weighted by Gasteiger charge is -2.30. The SMILES string of the molecule is COC(=O)N[C@H](C(=O)N1CCCC1c1ncc(-c2ccc(-c3ccc(-c4cnc([C@@H]5CCCN5C(=O)[C@H](Cc5c[nH]c6ccccc56)NC(=O)O)[nH]4)cc3)cc2)[nH]1)[C@@H](C)OC. The van der Waals surface area contributed by atoms with Gasteiger partial charge in [0, 0.05) is 43.7 Å². The number of benzene rings is 3. The van der Waals surface area contributed by atoms with Crippen molar-refractivity contribution in [3.63, 3.8) is 0 Å². The van der Waals surface area contributed by atoms with Crippen molar-refractivity contribution in [1.82, 2.24) is 45.4 Å². The van der Waals surface area contributed by atoms with Crippen LogP contribution in [0.25, 0.3) is 44.5 Å². The number of hydrogen-bond donors (Lipinski definition) is 6. The number of para-hydroxylation sites is 1. The van der Waals surface area contributed by atoms with Crippen molar-refractivity contribution in [2.75, 3.05) is 27.3 Å². The summed E-state index contributed by atoms with van der Waals surface area (Å²) in [6.07, 6.45) is 6.12. The number of nitrogens with one attached hydrogen (secondary N) is 5. The van der Waals surface area contributed by atoms with Gasteiger partial charge in [-0.05, 0) is 66.5 Å². The normalized spacial score (nSPS) is 17.9. The molecule has 2 fully saturated rings. The number of H-pyrrole nitrogens is 3. The number of rotatable bonds is 13. The number of methoxy groups -OCH3 is 2. The van der Waals surface area contributed by atoms with E-state index in [2.05, 4.69) is 54.8 Å². The molecule has 0 radical (unpaired) electrons. The third-order valence-electron chi connectivity index (χ3n) is 11.9. The highest BCUT2D eigenvalue weighted by molar-refractivity contribution is 5.89. The predicted molar refractivity (Wildman–Crippen MR) is 227 cm³/mol. The highest BCUT2D eigenvalue weighted by atomic mass is 16.5. The second-order valence-electron chi connectivity index (χ2n) is 15.5. The zero-order valence-electron chi connectivity index (χ0n) is 34.2. The minimum atomic E-state index is -1.25. The Morgan fingerprint density at radius 3 is 1.85 bits per heavy atom. The number of nitrogens with zero attached hydrogens (tertiary/aromatic N) is 4. The Hall–Kier alpha value is -6.94. The van der Waals surface area contributed by atoms with Gasteiger partial charge in [0.25, 0.3) is 0 Å². The number of likely N-dealkylation sites (tertiary alicyclic amines) is 2. The van der Waals surface area contributed by atoms with Crippen molar-refractivity contribution in [1.29, 1.82) is 0 Å². The van der Waals surface area contributed by atoms with E-state index >= 15 is 0 Å². The topological polar surface area (TPSA) is 211 Å². The molecule has 4 amide bonds. The van der Waals surface area contributed by atoms with Gasteiger partial charge < -0.3 is 50.0 Å². The molecule has 6 aromatic rings. The fourth-order valence-corrected chi connectivity index (χ4v) is 8.57. The number of aromatic nitrogens is 5. The van der Waals surface area contributed by atoms with Gasteiger partial charge in [-0.25, -0.2) is 19.6 Å². The number of hydrogen-bond acceptors (Lipinski definition) is 8. The molecular formula is C45H49N9O7. The minimum Gasteiger partial charge on any atom is -0.465 e. The van der Waals surface area contributed by atoms with Gasteiger partial charge in [-0.15, -0.1) is 0 Å². The van der Waals surface area contributed by atoms with Crippen molar-refractivity contribution in [3.8, 4) is 33.6 Å². The summed E-state index contributed by atoms with van der Waals surface area (Å²) in [5.41, 5.74) is 7.38. The average molecular weight is 828 g/mol. The molecule has 2 aliphatic heterocycles. The Labute approximate surface area is 352 Å². The lowest BCUT2D eigenvalue weighted by Crippen LogP contribution is -2.54. The first kappa shape index (κ1) is 40.8. The lowest BCUT2D eigenvalue weighted by atomic mass is 10.0. The molecule has 316 valence electrons. The number of imidazole rings is 2. The van der Waals surface area contributed by atoms with Crippen LogP contribution in [0.4, 0.5) is 9.59 Å². The van der Waals surface area contributed by atoms with Gasteiger partial charge in [-0.1, -0.05) is 66.7 Å². The molecule has 0 saturated carbocycles. The van der Waals surface area contributed by atoms with E-state index in [-0.39, 0.29) is 30.3 Å². The monoisotopic (exact) mass is 827 g/mol. The number of alkyl carbamates (subject to hydrolysis) is 1. The average Bonchev–Trinajstić information content (AvgIpc) is 4.14. The first-order chi connectivity index (χ1) is 29.6. The quantitative estimate of drug-likeness (QED) is 0.0742.